The largest absolute Gasteiger partial charge is 0.395 e. The second-order valence-corrected chi connectivity index (χ2v) is 4.93. The average molecular weight is 317 g/mol. The SMILES string of the molecule is CC(C)N(CCO)C(=O)c1cc(Br)cnc1NN. The summed E-state index contributed by atoms with van der Waals surface area (Å²) < 4.78 is 0.692. The van der Waals surface area contributed by atoms with Crippen LogP contribution in [0.1, 0.15) is 24.2 Å². The standard InChI is InChI=1S/C11H17BrN4O2/c1-7(2)16(3-4-17)11(18)9-5-8(12)6-14-10(9)15-13/h5-7,17H,3-4,13H2,1-2H3,(H,14,15). The second-order valence-electron chi connectivity index (χ2n) is 4.01. The van der Waals surface area contributed by atoms with Gasteiger partial charge in [0.25, 0.3) is 5.91 Å². The molecule has 7 heteroatoms. The molecule has 1 heterocycles. The molecule has 0 fully saturated rings. The monoisotopic (exact) mass is 316 g/mol. The Labute approximate surface area is 114 Å². The van der Waals surface area contributed by atoms with Gasteiger partial charge in [-0.1, -0.05) is 0 Å². The maximum atomic E-state index is 12.4. The smallest absolute Gasteiger partial charge is 0.258 e. The number of hydrogen-bond donors (Lipinski definition) is 3. The first-order valence-corrected chi connectivity index (χ1v) is 6.34. The van der Waals surface area contributed by atoms with E-state index in [1.807, 2.05) is 13.8 Å². The normalized spacial score (nSPS) is 10.6. The van der Waals surface area contributed by atoms with Crippen LogP contribution in [0.15, 0.2) is 16.7 Å². The highest BCUT2D eigenvalue weighted by Gasteiger charge is 2.21. The first-order valence-electron chi connectivity index (χ1n) is 5.55. The fourth-order valence-electron chi connectivity index (χ4n) is 1.57. The Balaban J connectivity index is 3.11. The Morgan fingerprint density at radius 3 is 2.83 bits per heavy atom. The lowest BCUT2D eigenvalue weighted by molar-refractivity contribution is 0.0666. The number of rotatable bonds is 5. The van der Waals surface area contributed by atoms with Crippen molar-refractivity contribution in [1.29, 1.82) is 0 Å². The van der Waals surface area contributed by atoms with Crippen LogP contribution in [0, 0.1) is 0 Å². The lowest BCUT2D eigenvalue weighted by Crippen LogP contribution is -2.39. The second kappa shape index (κ2) is 6.67. The lowest BCUT2D eigenvalue weighted by Gasteiger charge is -2.26. The van der Waals surface area contributed by atoms with Crippen molar-refractivity contribution in [2.75, 3.05) is 18.6 Å². The molecule has 1 aromatic heterocycles. The maximum absolute atomic E-state index is 12.4. The zero-order valence-corrected chi connectivity index (χ0v) is 11.9. The van der Waals surface area contributed by atoms with Gasteiger partial charge in [0, 0.05) is 23.3 Å². The van der Waals surface area contributed by atoms with Crippen LogP contribution in [0.2, 0.25) is 0 Å². The number of hydrazine groups is 1. The lowest BCUT2D eigenvalue weighted by atomic mass is 10.2. The molecule has 0 bridgehead atoms. The maximum Gasteiger partial charge on any atom is 0.258 e. The predicted molar refractivity (Wildman–Crippen MR) is 73.0 cm³/mol. The van der Waals surface area contributed by atoms with Crippen LogP contribution in [0.4, 0.5) is 5.82 Å². The summed E-state index contributed by atoms with van der Waals surface area (Å²) in [6.45, 7) is 3.95. The van der Waals surface area contributed by atoms with Gasteiger partial charge < -0.3 is 15.4 Å². The van der Waals surface area contributed by atoms with Crippen LogP contribution in [0.25, 0.3) is 0 Å². The van der Waals surface area contributed by atoms with E-state index in [1.54, 1.807) is 17.2 Å². The zero-order chi connectivity index (χ0) is 13.7. The van der Waals surface area contributed by atoms with E-state index in [0.717, 1.165) is 0 Å². The minimum absolute atomic E-state index is 0.0192. The summed E-state index contributed by atoms with van der Waals surface area (Å²) in [5.41, 5.74) is 2.77. The number of aliphatic hydroxyl groups excluding tert-OH is 1. The number of hydrogen-bond acceptors (Lipinski definition) is 5. The van der Waals surface area contributed by atoms with Gasteiger partial charge in [-0.25, -0.2) is 10.8 Å². The van der Waals surface area contributed by atoms with Crippen LogP contribution in [-0.2, 0) is 0 Å². The van der Waals surface area contributed by atoms with Crippen LogP contribution >= 0.6 is 15.9 Å². The molecule has 0 aliphatic heterocycles. The zero-order valence-electron chi connectivity index (χ0n) is 10.4. The van der Waals surface area contributed by atoms with E-state index in [2.05, 4.69) is 26.3 Å². The third kappa shape index (κ3) is 3.41. The molecule has 0 radical (unpaired) electrons. The Morgan fingerprint density at radius 1 is 1.67 bits per heavy atom. The van der Waals surface area contributed by atoms with Crippen LogP contribution < -0.4 is 11.3 Å². The number of anilines is 1. The van der Waals surface area contributed by atoms with Gasteiger partial charge in [0.15, 0.2) is 5.82 Å². The Hall–Kier alpha value is -1.18. The van der Waals surface area contributed by atoms with Crippen LogP contribution in [0.3, 0.4) is 0 Å². The molecule has 1 amide bonds. The Bertz CT molecular complexity index is 426. The van der Waals surface area contributed by atoms with Crippen molar-refractivity contribution in [2.45, 2.75) is 19.9 Å². The van der Waals surface area contributed by atoms with Gasteiger partial charge in [-0.15, -0.1) is 0 Å². The van der Waals surface area contributed by atoms with Crippen LogP contribution in [0.5, 0.6) is 0 Å². The Kier molecular flexibility index (Phi) is 5.52. The van der Waals surface area contributed by atoms with Crippen molar-refractivity contribution in [3.63, 3.8) is 0 Å². The van der Waals surface area contributed by atoms with Gasteiger partial charge >= 0.3 is 0 Å². The van der Waals surface area contributed by atoms with E-state index in [1.165, 1.54) is 0 Å². The molecular weight excluding hydrogens is 300 g/mol. The topological polar surface area (TPSA) is 91.5 Å². The summed E-state index contributed by atoms with van der Waals surface area (Å²) in [6.07, 6.45) is 1.55. The van der Waals surface area contributed by atoms with Crippen molar-refractivity contribution in [3.8, 4) is 0 Å². The summed E-state index contributed by atoms with van der Waals surface area (Å²) in [7, 11) is 0. The average Bonchev–Trinajstić information content (AvgIpc) is 2.34. The molecule has 1 rings (SSSR count). The molecule has 0 saturated carbocycles. The first kappa shape index (κ1) is 14.9. The van der Waals surface area contributed by atoms with E-state index in [0.29, 0.717) is 15.9 Å². The fourth-order valence-corrected chi connectivity index (χ4v) is 1.91. The molecule has 0 aliphatic rings. The number of carbonyl (C=O) groups excluding carboxylic acids is 1. The molecule has 0 spiro atoms. The number of amides is 1. The molecule has 100 valence electrons. The van der Waals surface area contributed by atoms with Crippen molar-refractivity contribution in [2.24, 2.45) is 5.84 Å². The van der Waals surface area contributed by atoms with Gasteiger partial charge in [-0.2, -0.15) is 0 Å². The molecule has 1 aromatic rings. The summed E-state index contributed by atoms with van der Waals surface area (Å²) in [5, 5.41) is 9.00. The highest BCUT2D eigenvalue weighted by Crippen LogP contribution is 2.20. The molecule has 4 N–H and O–H groups in total. The number of nitrogens with two attached hydrogens (primary N) is 1. The summed E-state index contributed by atoms with van der Waals surface area (Å²) in [4.78, 5) is 18.0. The third-order valence-corrected chi connectivity index (χ3v) is 2.88. The minimum atomic E-state index is -0.221. The molecule has 0 atom stereocenters. The van der Waals surface area contributed by atoms with E-state index >= 15 is 0 Å². The molecular formula is C11H17BrN4O2. The van der Waals surface area contributed by atoms with Gasteiger partial charge in [0.1, 0.15) is 0 Å². The van der Waals surface area contributed by atoms with Gasteiger partial charge in [0.05, 0.1) is 12.2 Å². The molecule has 0 aliphatic carbocycles. The molecule has 0 saturated heterocycles. The van der Waals surface area contributed by atoms with E-state index in [9.17, 15) is 4.79 Å². The van der Waals surface area contributed by atoms with Gasteiger partial charge in [-0.3, -0.25) is 4.79 Å². The van der Waals surface area contributed by atoms with Crippen molar-refractivity contribution in [3.05, 3.63) is 22.3 Å². The fraction of sp³-hybridized carbons (Fsp3) is 0.455. The third-order valence-electron chi connectivity index (χ3n) is 2.45. The van der Waals surface area contributed by atoms with E-state index in [-0.39, 0.29) is 25.1 Å². The first-order chi connectivity index (χ1) is 8.51. The number of nitrogens with zero attached hydrogens (tertiary/aromatic N) is 2. The Morgan fingerprint density at radius 2 is 2.33 bits per heavy atom. The molecule has 6 nitrogen and oxygen atoms in total. The number of halogens is 1. The summed E-state index contributed by atoms with van der Waals surface area (Å²) in [6, 6.07) is 1.63. The number of aromatic nitrogens is 1. The van der Waals surface area contributed by atoms with Gasteiger partial charge in [-0.05, 0) is 35.8 Å². The number of nitrogens with one attached hydrogen (secondary N) is 1. The van der Waals surface area contributed by atoms with E-state index in [4.69, 9.17) is 10.9 Å². The number of nitrogen functional groups attached to an aromatic ring is 1. The van der Waals surface area contributed by atoms with Crippen LogP contribution in [-0.4, -0.2) is 40.1 Å². The van der Waals surface area contributed by atoms with Crippen molar-refractivity contribution >= 4 is 27.7 Å². The minimum Gasteiger partial charge on any atom is -0.395 e. The molecule has 0 aromatic carbocycles. The molecule has 0 unspecified atom stereocenters. The van der Waals surface area contributed by atoms with Crippen molar-refractivity contribution < 1.29 is 9.90 Å². The van der Waals surface area contributed by atoms with Crippen molar-refractivity contribution in [1.82, 2.24) is 9.88 Å². The summed E-state index contributed by atoms with van der Waals surface area (Å²) in [5.74, 6) is 5.43. The quantitative estimate of drug-likeness (QED) is 0.556. The number of carbonyl (C=O) groups is 1. The highest BCUT2D eigenvalue weighted by molar-refractivity contribution is 9.10. The summed E-state index contributed by atoms with van der Waals surface area (Å²) >= 11 is 3.27. The molecule has 18 heavy (non-hydrogen) atoms. The number of aliphatic hydroxyl groups is 1. The van der Waals surface area contributed by atoms with E-state index < -0.39 is 0 Å². The highest BCUT2D eigenvalue weighted by atomic mass is 79.9. The van der Waals surface area contributed by atoms with Gasteiger partial charge in [0.2, 0.25) is 0 Å². The predicted octanol–water partition coefficient (Wildman–Crippen LogP) is 0.973. The number of pyridine rings is 1.